The summed E-state index contributed by atoms with van der Waals surface area (Å²) in [5.41, 5.74) is 2.30. The van der Waals surface area contributed by atoms with Gasteiger partial charge in [0, 0.05) is 24.5 Å². The minimum Gasteiger partial charge on any atom is -0.497 e. The molecular weight excluding hydrogens is 360 g/mol. The van der Waals surface area contributed by atoms with Crippen LogP contribution in [0.15, 0.2) is 54.6 Å². The normalized spacial score (nSPS) is 23.7. The van der Waals surface area contributed by atoms with Gasteiger partial charge in [-0.3, -0.25) is 4.55 Å². The van der Waals surface area contributed by atoms with Crippen LogP contribution in [0, 0.1) is 0 Å². The fourth-order valence-corrected chi connectivity index (χ4v) is 4.35. The van der Waals surface area contributed by atoms with Crippen LogP contribution >= 0.6 is 0 Å². The largest absolute Gasteiger partial charge is 0.497 e. The van der Waals surface area contributed by atoms with Crippen LogP contribution in [0.1, 0.15) is 36.8 Å². The smallest absolute Gasteiger partial charge is 0.231 e. The number of nitrogens with one attached hydrogen (secondary N) is 2. The molecule has 27 heavy (non-hydrogen) atoms. The lowest BCUT2D eigenvalue weighted by Gasteiger charge is -2.41. The molecule has 0 bridgehead atoms. The van der Waals surface area contributed by atoms with Crippen molar-refractivity contribution in [2.45, 2.75) is 43.7 Å². The van der Waals surface area contributed by atoms with E-state index in [0.29, 0.717) is 12.6 Å². The first-order valence-electron chi connectivity index (χ1n) is 9.37. The van der Waals surface area contributed by atoms with Crippen molar-refractivity contribution < 1.29 is 13.5 Å². The molecule has 5 nitrogen and oxygen atoms in total. The zero-order chi connectivity index (χ0) is 19.1. The van der Waals surface area contributed by atoms with Crippen LogP contribution in [0.2, 0.25) is 0 Å². The van der Waals surface area contributed by atoms with Crippen molar-refractivity contribution in [2.24, 2.45) is 0 Å². The molecule has 1 saturated carbocycles. The zero-order valence-corrected chi connectivity index (χ0v) is 16.5. The molecule has 1 fully saturated rings. The van der Waals surface area contributed by atoms with Gasteiger partial charge in [-0.05, 0) is 48.9 Å². The highest BCUT2D eigenvalue weighted by atomic mass is 32.2. The standard InChI is InChI=1S/C21H28N2O3S/c1-26-20-9-5-8-18(14-20)21(16-23-27(24)25)12-10-19(11-13-21)22-15-17-6-3-2-4-7-17/h2-9,14,19,22-23H,10-13,15-16H2,1H3,(H,24,25). The fourth-order valence-electron chi connectivity index (χ4n) is 3.95. The van der Waals surface area contributed by atoms with E-state index < -0.39 is 11.3 Å². The van der Waals surface area contributed by atoms with E-state index in [4.69, 9.17) is 4.74 Å². The molecule has 1 aliphatic carbocycles. The van der Waals surface area contributed by atoms with Crippen molar-refractivity contribution in [2.75, 3.05) is 13.7 Å². The highest BCUT2D eigenvalue weighted by Gasteiger charge is 2.37. The van der Waals surface area contributed by atoms with Crippen LogP contribution in [0.3, 0.4) is 0 Å². The lowest BCUT2D eigenvalue weighted by Crippen LogP contribution is -2.45. The maximum atomic E-state index is 11.2. The van der Waals surface area contributed by atoms with Gasteiger partial charge in [0.15, 0.2) is 0 Å². The van der Waals surface area contributed by atoms with E-state index in [1.165, 1.54) is 11.1 Å². The summed E-state index contributed by atoms with van der Waals surface area (Å²) in [6.07, 6.45) is 3.97. The minimum atomic E-state index is -2.01. The number of methoxy groups -OCH3 is 1. The summed E-state index contributed by atoms with van der Waals surface area (Å²) < 4.78 is 28.6. The summed E-state index contributed by atoms with van der Waals surface area (Å²) in [6.45, 7) is 1.35. The second kappa shape index (κ2) is 9.46. The predicted octanol–water partition coefficient (Wildman–Crippen LogP) is 3.39. The number of benzene rings is 2. The maximum absolute atomic E-state index is 11.2. The number of rotatable bonds is 8. The predicted molar refractivity (Wildman–Crippen MR) is 109 cm³/mol. The molecule has 0 amide bonds. The van der Waals surface area contributed by atoms with Crippen LogP contribution in [0.5, 0.6) is 5.75 Å². The topological polar surface area (TPSA) is 70.6 Å². The first kappa shape index (κ1) is 20.0. The van der Waals surface area contributed by atoms with Gasteiger partial charge in [-0.15, -0.1) is 0 Å². The summed E-state index contributed by atoms with van der Waals surface area (Å²) in [6, 6.07) is 19.0. The number of hydrogen-bond donors (Lipinski definition) is 3. The quantitative estimate of drug-likeness (QED) is 0.606. The molecule has 1 unspecified atom stereocenters. The first-order valence-corrected chi connectivity index (χ1v) is 10.5. The van der Waals surface area contributed by atoms with Gasteiger partial charge in [-0.1, -0.05) is 42.5 Å². The van der Waals surface area contributed by atoms with E-state index in [9.17, 15) is 8.76 Å². The second-order valence-corrected chi connectivity index (χ2v) is 8.01. The third-order valence-corrected chi connectivity index (χ3v) is 5.99. The second-order valence-electron chi connectivity index (χ2n) is 7.22. The summed E-state index contributed by atoms with van der Waals surface area (Å²) in [5, 5.41) is 3.66. The monoisotopic (exact) mass is 388 g/mol. The molecule has 1 aliphatic rings. The Bertz CT molecular complexity index is 746. The van der Waals surface area contributed by atoms with Gasteiger partial charge in [-0.2, -0.15) is 0 Å². The Morgan fingerprint density at radius 2 is 1.89 bits per heavy atom. The van der Waals surface area contributed by atoms with Crippen molar-refractivity contribution >= 4 is 11.3 Å². The van der Waals surface area contributed by atoms with Gasteiger partial charge in [-0.25, -0.2) is 8.93 Å². The van der Waals surface area contributed by atoms with Crippen LogP contribution in [-0.2, 0) is 23.2 Å². The van der Waals surface area contributed by atoms with Gasteiger partial charge in [0.25, 0.3) is 0 Å². The molecule has 2 aromatic carbocycles. The average Bonchev–Trinajstić information content (AvgIpc) is 2.72. The van der Waals surface area contributed by atoms with Crippen molar-refractivity contribution in [3.05, 3.63) is 65.7 Å². The number of hydrogen-bond acceptors (Lipinski definition) is 3. The fraction of sp³-hybridized carbons (Fsp3) is 0.429. The van der Waals surface area contributed by atoms with Crippen molar-refractivity contribution in [1.29, 1.82) is 0 Å². The zero-order valence-electron chi connectivity index (χ0n) is 15.7. The highest BCUT2D eigenvalue weighted by Crippen LogP contribution is 2.40. The molecule has 0 heterocycles. The van der Waals surface area contributed by atoms with Gasteiger partial charge < -0.3 is 10.1 Å². The van der Waals surface area contributed by atoms with E-state index in [2.05, 4.69) is 46.4 Å². The Labute approximate surface area is 163 Å². The highest BCUT2D eigenvalue weighted by molar-refractivity contribution is 7.77. The lowest BCUT2D eigenvalue weighted by molar-refractivity contribution is 0.245. The summed E-state index contributed by atoms with van der Waals surface area (Å²) >= 11 is -2.01. The molecule has 3 N–H and O–H groups in total. The van der Waals surface area contributed by atoms with Crippen molar-refractivity contribution in [3.8, 4) is 5.75 Å². The number of ether oxygens (including phenoxy) is 1. The maximum Gasteiger partial charge on any atom is 0.231 e. The van der Waals surface area contributed by atoms with E-state index in [1.54, 1.807) is 7.11 Å². The molecule has 6 heteroatoms. The van der Waals surface area contributed by atoms with Gasteiger partial charge in [0.2, 0.25) is 11.3 Å². The molecule has 0 radical (unpaired) electrons. The molecule has 0 saturated heterocycles. The minimum absolute atomic E-state index is 0.155. The lowest BCUT2D eigenvalue weighted by atomic mass is 9.68. The Balaban J connectivity index is 1.67. The molecule has 1 atom stereocenters. The SMILES string of the molecule is COc1cccc(C2(CNS(=O)O)CCC(NCc3ccccc3)CC2)c1. The van der Waals surface area contributed by atoms with Gasteiger partial charge >= 0.3 is 0 Å². The van der Waals surface area contributed by atoms with Gasteiger partial charge in [0.05, 0.1) is 7.11 Å². The Morgan fingerprint density at radius 1 is 1.15 bits per heavy atom. The Hall–Kier alpha value is -1.73. The molecule has 0 spiro atoms. The van der Waals surface area contributed by atoms with Crippen LogP contribution < -0.4 is 14.8 Å². The van der Waals surface area contributed by atoms with Crippen molar-refractivity contribution in [1.82, 2.24) is 10.0 Å². The van der Waals surface area contributed by atoms with Crippen molar-refractivity contribution in [3.63, 3.8) is 0 Å². The molecule has 2 aromatic rings. The van der Waals surface area contributed by atoms with Gasteiger partial charge in [0.1, 0.15) is 5.75 Å². The summed E-state index contributed by atoms with van der Waals surface area (Å²) in [4.78, 5) is 0. The van der Waals surface area contributed by atoms with Crippen LogP contribution in [-0.4, -0.2) is 28.5 Å². The van der Waals surface area contributed by atoms with Crippen LogP contribution in [0.4, 0.5) is 0 Å². The molecule has 0 aromatic heterocycles. The van der Waals surface area contributed by atoms with E-state index in [0.717, 1.165) is 38.0 Å². The van der Waals surface area contributed by atoms with E-state index in [1.807, 2.05) is 18.2 Å². The Morgan fingerprint density at radius 3 is 2.56 bits per heavy atom. The van der Waals surface area contributed by atoms with E-state index in [-0.39, 0.29) is 5.41 Å². The molecule has 146 valence electrons. The third-order valence-electron chi connectivity index (χ3n) is 5.60. The molecular formula is C21H28N2O3S. The van der Waals surface area contributed by atoms with E-state index >= 15 is 0 Å². The molecule has 0 aliphatic heterocycles. The van der Waals surface area contributed by atoms with Crippen LogP contribution in [0.25, 0.3) is 0 Å². The summed E-state index contributed by atoms with van der Waals surface area (Å²) in [5.74, 6) is 0.821. The average molecular weight is 389 g/mol. The third kappa shape index (κ3) is 5.39. The first-order chi connectivity index (χ1) is 13.1. The Kier molecular flexibility index (Phi) is 7.01. The molecule has 3 rings (SSSR count). The summed E-state index contributed by atoms with van der Waals surface area (Å²) in [7, 11) is 1.66.